The molecule has 146 valence electrons. The third-order valence-electron chi connectivity index (χ3n) is 3.17. The standard InChI is InChI=1S/C9H10FNO2.C6H15N5O2/c10-11-8(9(12)13)6-7-4-2-1-3-5-7;7-4(5(12)11-13)2-1-3-10-6(8)9/h1-5,8,11H,6H2,(H,12,13);4,13H,1-3,7H2,(H,11,12)(H4,8,9,10)/t8-;4-/m00/s1. The number of benzene rings is 1. The van der Waals surface area contributed by atoms with Crippen LogP contribution < -0.4 is 27.8 Å². The molecule has 0 saturated heterocycles. The molecule has 0 aliphatic rings. The fraction of sp³-hybridized carbons (Fsp3) is 0.400. The fourth-order valence-corrected chi connectivity index (χ4v) is 1.78. The smallest absolute Gasteiger partial charge is 0.323 e. The molecule has 0 fully saturated rings. The van der Waals surface area contributed by atoms with E-state index in [-0.39, 0.29) is 12.4 Å². The molecule has 1 amide bonds. The van der Waals surface area contributed by atoms with Gasteiger partial charge in [0, 0.05) is 13.0 Å². The molecule has 1 rings (SSSR count). The Labute approximate surface area is 150 Å². The number of rotatable bonds is 9. The normalized spacial score (nSPS) is 12.1. The fourth-order valence-electron chi connectivity index (χ4n) is 1.78. The van der Waals surface area contributed by atoms with Crippen molar-refractivity contribution in [2.24, 2.45) is 11.5 Å². The largest absolute Gasteiger partial charge is 0.480 e. The van der Waals surface area contributed by atoms with Gasteiger partial charge in [-0.3, -0.25) is 20.2 Å². The molecule has 2 atom stereocenters. The minimum absolute atomic E-state index is 0.111. The van der Waals surface area contributed by atoms with Crippen molar-refractivity contribution in [3.63, 3.8) is 0 Å². The van der Waals surface area contributed by atoms with Crippen molar-refractivity contribution in [2.75, 3.05) is 6.54 Å². The summed E-state index contributed by atoms with van der Waals surface area (Å²) in [6, 6.07) is 7.02. The minimum Gasteiger partial charge on any atom is -0.480 e. The van der Waals surface area contributed by atoms with E-state index in [0.717, 1.165) is 5.56 Å². The van der Waals surface area contributed by atoms with Gasteiger partial charge in [0.2, 0.25) is 0 Å². The van der Waals surface area contributed by atoms with Gasteiger partial charge in [-0.15, -0.1) is 10.0 Å². The lowest BCUT2D eigenvalue weighted by atomic mass is 10.1. The summed E-state index contributed by atoms with van der Waals surface area (Å²) in [6.45, 7) is 0.488. The summed E-state index contributed by atoms with van der Waals surface area (Å²) in [6.07, 6.45) is 1.17. The van der Waals surface area contributed by atoms with Crippen LogP contribution >= 0.6 is 0 Å². The number of carboxylic acid groups (broad SMARTS) is 1. The molecule has 26 heavy (non-hydrogen) atoms. The van der Waals surface area contributed by atoms with Gasteiger partial charge in [-0.1, -0.05) is 30.3 Å². The summed E-state index contributed by atoms with van der Waals surface area (Å²) >= 11 is 0. The Morgan fingerprint density at radius 1 is 1.27 bits per heavy atom. The highest BCUT2D eigenvalue weighted by Gasteiger charge is 2.16. The Bertz CT molecular complexity index is 560. The SMILES string of the molecule is N=C(N)NCCC[C@H](N)C(=O)NO.O=C(O)[C@H](Cc1ccccc1)NF. The molecule has 0 saturated carbocycles. The summed E-state index contributed by atoms with van der Waals surface area (Å²) in [5.74, 6) is -1.91. The number of hydroxylamine groups is 1. The van der Waals surface area contributed by atoms with Crippen LogP contribution in [0.1, 0.15) is 18.4 Å². The summed E-state index contributed by atoms with van der Waals surface area (Å²) < 4.78 is 12.0. The Kier molecular flexibility index (Phi) is 12.1. The molecule has 11 heteroatoms. The molecular formula is C15H25FN6O4. The molecule has 0 unspecified atom stereocenters. The van der Waals surface area contributed by atoms with E-state index in [4.69, 9.17) is 27.2 Å². The molecule has 0 bridgehead atoms. The maximum atomic E-state index is 12.0. The van der Waals surface area contributed by atoms with Crippen molar-refractivity contribution in [3.05, 3.63) is 35.9 Å². The molecule has 0 spiro atoms. The molecule has 1 aromatic carbocycles. The zero-order valence-electron chi connectivity index (χ0n) is 14.1. The van der Waals surface area contributed by atoms with E-state index in [0.29, 0.717) is 19.4 Å². The summed E-state index contributed by atoms with van der Waals surface area (Å²) in [4.78, 5) is 21.1. The number of guanidine groups is 1. The second-order valence-electron chi connectivity index (χ2n) is 5.25. The van der Waals surface area contributed by atoms with E-state index < -0.39 is 24.0 Å². The number of carbonyl (C=O) groups excluding carboxylic acids is 1. The monoisotopic (exact) mass is 372 g/mol. The van der Waals surface area contributed by atoms with Gasteiger partial charge < -0.3 is 21.9 Å². The Hall–Kier alpha value is -2.76. The second kappa shape index (κ2) is 13.5. The van der Waals surface area contributed by atoms with Gasteiger partial charge in [0.1, 0.15) is 6.04 Å². The highest BCUT2D eigenvalue weighted by atomic mass is 19.2. The number of halogens is 1. The van der Waals surface area contributed by atoms with Crippen LogP contribution in [0, 0.1) is 5.41 Å². The van der Waals surface area contributed by atoms with E-state index in [2.05, 4.69) is 5.32 Å². The average molecular weight is 372 g/mol. The van der Waals surface area contributed by atoms with E-state index in [9.17, 15) is 14.1 Å². The van der Waals surface area contributed by atoms with Gasteiger partial charge in [0.15, 0.2) is 5.96 Å². The Morgan fingerprint density at radius 3 is 2.35 bits per heavy atom. The molecule has 1 aromatic rings. The lowest BCUT2D eigenvalue weighted by Crippen LogP contribution is -2.39. The van der Waals surface area contributed by atoms with Crippen LogP contribution in [0.5, 0.6) is 0 Å². The molecule has 10 N–H and O–H groups in total. The molecule has 10 nitrogen and oxygen atoms in total. The number of nitrogens with two attached hydrogens (primary N) is 2. The first-order valence-corrected chi connectivity index (χ1v) is 7.72. The van der Waals surface area contributed by atoms with Crippen LogP contribution in [-0.2, 0) is 16.0 Å². The molecule has 0 heterocycles. The van der Waals surface area contributed by atoms with Crippen molar-refractivity contribution in [1.82, 2.24) is 16.3 Å². The zero-order chi connectivity index (χ0) is 19.9. The first kappa shape index (κ1) is 23.2. The lowest BCUT2D eigenvalue weighted by Gasteiger charge is -2.08. The molecule has 0 radical (unpaired) electrons. The number of hydrogen-bond acceptors (Lipinski definition) is 6. The van der Waals surface area contributed by atoms with Gasteiger partial charge in [-0.25, -0.2) is 5.48 Å². The van der Waals surface area contributed by atoms with Crippen LogP contribution in [-0.4, -0.2) is 46.8 Å². The number of hydrogen-bond donors (Lipinski definition) is 8. The van der Waals surface area contributed by atoms with E-state index >= 15 is 0 Å². The van der Waals surface area contributed by atoms with Gasteiger partial charge in [0.25, 0.3) is 5.91 Å². The van der Waals surface area contributed by atoms with Crippen LogP contribution in [0.2, 0.25) is 0 Å². The van der Waals surface area contributed by atoms with Crippen LogP contribution in [0.3, 0.4) is 0 Å². The number of carbonyl (C=O) groups is 2. The summed E-state index contributed by atoms with van der Waals surface area (Å²) in [7, 11) is 0. The van der Waals surface area contributed by atoms with Crippen molar-refractivity contribution >= 4 is 17.8 Å². The van der Waals surface area contributed by atoms with E-state index in [1.165, 1.54) is 11.0 Å². The predicted molar refractivity (Wildman–Crippen MR) is 92.9 cm³/mol. The quantitative estimate of drug-likeness (QED) is 0.0693. The van der Waals surface area contributed by atoms with Crippen LogP contribution in [0.15, 0.2) is 30.3 Å². The Balaban J connectivity index is 0.000000481. The molecule has 0 aliphatic heterocycles. The highest BCUT2D eigenvalue weighted by Crippen LogP contribution is 2.03. The molecular weight excluding hydrogens is 347 g/mol. The maximum Gasteiger partial charge on any atom is 0.323 e. The van der Waals surface area contributed by atoms with Gasteiger partial charge in [-0.05, 0) is 18.4 Å². The number of aliphatic carboxylic acids is 1. The molecule has 0 aromatic heterocycles. The van der Waals surface area contributed by atoms with E-state index in [1.54, 1.807) is 24.3 Å². The maximum absolute atomic E-state index is 12.0. The first-order valence-electron chi connectivity index (χ1n) is 7.72. The van der Waals surface area contributed by atoms with Crippen LogP contribution in [0.4, 0.5) is 4.48 Å². The topological polar surface area (TPSA) is 187 Å². The van der Waals surface area contributed by atoms with Crippen molar-refractivity contribution in [2.45, 2.75) is 31.3 Å². The second-order valence-corrected chi connectivity index (χ2v) is 5.25. The van der Waals surface area contributed by atoms with Gasteiger partial charge in [-0.2, -0.15) is 0 Å². The first-order chi connectivity index (χ1) is 12.3. The molecule has 0 aliphatic carbocycles. The van der Waals surface area contributed by atoms with Crippen molar-refractivity contribution < 1.29 is 24.4 Å². The van der Waals surface area contributed by atoms with Gasteiger partial charge in [0.05, 0.1) is 6.04 Å². The van der Waals surface area contributed by atoms with Crippen molar-refractivity contribution in [1.29, 1.82) is 5.41 Å². The number of amides is 1. The van der Waals surface area contributed by atoms with Gasteiger partial charge >= 0.3 is 5.97 Å². The average Bonchev–Trinajstić information content (AvgIpc) is 2.63. The predicted octanol–water partition coefficient (Wildman–Crippen LogP) is -0.761. The number of nitrogens with one attached hydrogen (secondary N) is 4. The van der Waals surface area contributed by atoms with Crippen LogP contribution in [0.25, 0.3) is 0 Å². The third-order valence-corrected chi connectivity index (χ3v) is 3.17. The highest BCUT2D eigenvalue weighted by molar-refractivity contribution is 5.80. The van der Waals surface area contributed by atoms with Crippen molar-refractivity contribution in [3.8, 4) is 0 Å². The minimum atomic E-state index is -1.19. The summed E-state index contributed by atoms with van der Waals surface area (Å²) in [5.41, 5.74) is 13.9. The van der Waals surface area contributed by atoms with E-state index in [1.807, 2.05) is 6.07 Å². The zero-order valence-corrected chi connectivity index (χ0v) is 14.1. The third kappa shape index (κ3) is 10.9. The lowest BCUT2D eigenvalue weighted by molar-refractivity contribution is -0.140. The number of carboxylic acids is 1. The Morgan fingerprint density at radius 2 is 1.88 bits per heavy atom. The summed E-state index contributed by atoms with van der Waals surface area (Å²) in [5, 5.41) is 26.1.